The van der Waals surface area contributed by atoms with Crippen molar-refractivity contribution in [2.45, 2.75) is 26.7 Å². The molecule has 0 aliphatic heterocycles. The summed E-state index contributed by atoms with van der Waals surface area (Å²) in [4.78, 5) is 14.1. The van der Waals surface area contributed by atoms with Crippen molar-refractivity contribution in [3.8, 4) is 5.75 Å². The molecule has 0 unspecified atom stereocenters. The Bertz CT molecular complexity index is 704. The predicted octanol–water partition coefficient (Wildman–Crippen LogP) is 5.01. The molecule has 2 amide bonds. The Morgan fingerprint density at radius 2 is 1.84 bits per heavy atom. The molecule has 0 radical (unpaired) electrons. The van der Waals surface area contributed by atoms with Gasteiger partial charge >= 0.3 is 6.03 Å². The predicted molar refractivity (Wildman–Crippen MR) is 104 cm³/mol. The van der Waals surface area contributed by atoms with E-state index in [4.69, 9.17) is 16.3 Å². The minimum absolute atomic E-state index is 0.164. The Morgan fingerprint density at radius 1 is 1.12 bits per heavy atom. The standard InChI is InChI=1S/C20H25ClN2O2/c1-4-15-11-12-18(21)17(5-2)19(15)22-20(24)23(3)13-14-25-16-9-7-6-8-10-16/h6-12H,4-5,13-14H2,1-3H3,(H,22,24). The van der Waals surface area contributed by atoms with Gasteiger partial charge < -0.3 is 15.0 Å². The molecule has 0 aliphatic rings. The summed E-state index contributed by atoms with van der Waals surface area (Å²) in [6, 6.07) is 13.3. The van der Waals surface area contributed by atoms with E-state index in [1.807, 2.05) is 49.4 Å². The van der Waals surface area contributed by atoms with E-state index >= 15 is 0 Å². The lowest BCUT2D eigenvalue weighted by molar-refractivity contribution is 0.207. The summed E-state index contributed by atoms with van der Waals surface area (Å²) in [6.07, 6.45) is 1.60. The largest absolute Gasteiger partial charge is 0.492 e. The lowest BCUT2D eigenvalue weighted by Crippen LogP contribution is -2.35. The van der Waals surface area contributed by atoms with Crippen molar-refractivity contribution in [2.24, 2.45) is 0 Å². The lowest BCUT2D eigenvalue weighted by atomic mass is 10.0. The number of carbonyl (C=O) groups excluding carboxylic acids is 1. The molecule has 1 N–H and O–H groups in total. The maximum absolute atomic E-state index is 12.5. The Kier molecular flexibility index (Phi) is 7.14. The van der Waals surface area contributed by atoms with Crippen LogP contribution in [0.25, 0.3) is 0 Å². The van der Waals surface area contributed by atoms with Gasteiger partial charge in [-0.2, -0.15) is 0 Å². The maximum atomic E-state index is 12.5. The van der Waals surface area contributed by atoms with Crippen molar-refractivity contribution in [3.63, 3.8) is 0 Å². The third kappa shape index (κ3) is 5.13. The molecule has 4 nitrogen and oxygen atoms in total. The first kappa shape index (κ1) is 19.1. The molecule has 0 atom stereocenters. The Labute approximate surface area is 154 Å². The second-order valence-corrected chi connectivity index (χ2v) is 6.19. The van der Waals surface area contributed by atoms with Crippen molar-refractivity contribution in [1.29, 1.82) is 0 Å². The van der Waals surface area contributed by atoms with Crippen LogP contribution < -0.4 is 10.1 Å². The van der Waals surface area contributed by atoms with Crippen LogP contribution in [0.4, 0.5) is 10.5 Å². The van der Waals surface area contributed by atoms with Crippen molar-refractivity contribution in [2.75, 3.05) is 25.5 Å². The Morgan fingerprint density at radius 3 is 2.48 bits per heavy atom. The number of rotatable bonds is 7. The van der Waals surface area contributed by atoms with E-state index < -0.39 is 0 Å². The number of amides is 2. The van der Waals surface area contributed by atoms with E-state index in [9.17, 15) is 4.79 Å². The maximum Gasteiger partial charge on any atom is 0.321 e. The first-order valence-corrected chi connectivity index (χ1v) is 8.94. The van der Waals surface area contributed by atoms with Crippen molar-refractivity contribution < 1.29 is 9.53 Å². The summed E-state index contributed by atoms with van der Waals surface area (Å²) in [5, 5.41) is 3.70. The number of carbonyl (C=O) groups is 1. The van der Waals surface area contributed by atoms with Crippen LogP contribution in [0.1, 0.15) is 25.0 Å². The third-order valence-corrected chi connectivity index (χ3v) is 4.45. The average molecular weight is 361 g/mol. The first-order valence-electron chi connectivity index (χ1n) is 8.57. The van der Waals surface area contributed by atoms with E-state index in [0.717, 1.165) is 35.4 Å². The van der Waals surface area contributed by atoms with E-state index in [1.165, 1.54) is 0 Å². The molecule has 0 aromatic heterocycles. The molecule has 134 valence electrons. The third-order valence-electron chi connectivity index (χ3n) is 4.09. The van der Waals surface area contributed by atoms with Crippen molar-refractivity contribution in [3.05, 3.63) is 58.6 Å². The molecule has 2 aromatic rings. The van der Waals surface area contributed by atoms with Gasteiger partial charge in [-0.1, -0.05) is 49.7 Å². The number of para-hydroxylation sites is 1. The molecule has 0 spiro atoms. The number of hydrogen-bond donors (Lipinski definition) is 1. The minimum atomic E-state index is -0.164. The summed E-state index contributed by atoms with van der Waals surface area (Å²) in [5.74, 6) is 0.799. The number of urea groups is 1. The fourth-order valence-corrected chi connectivity index (χ4v) is 2.88. The second-order valence-electron chi connectivity index (χ2n) is 5.78. The van der Waals surface area contributed by atoms with E-state index in [1.54, 1.807) is 11.9 Å². The number of aryl methyl sites for hydroxylation is 1. The molecule has 0 saturated heterocycles. The van der Waals surface area contributed by atoms with Gasteiger partial charge in [0.1, 0.15) is 12.4 Å². The smallest absolute Gasteiger partial charge is 0.321 e. The zero-order valence-electron chi connectivity index (χ0n) is 15.0. The fraction of sp³-hybridized carbons (Fsp3) is 0.350. The number of hydrogen-bond acceptors (Lipinski definition) is 2. The lowest BCUT2D eigenvalue weighted by Gasteiger charge is -2.21. The molecule has 0 saturated carbocycles. The van der Waals surface area contributed by atoms with Crippen LogP contribution in [0.2, 0.25) is 5.02 Å². The van der Waals surface area contributed by atoms with Gasteiger partial charge in [0, 0.05) is 12.1 Å². The summed E-state index contributed by atoms with van der Waals surface area (Å²) < 4.78 is 5.64. The van der Waals surface area contributed by atoms with Gasteiger partial charge in [0.15, 0.2) is 0 Å². The normalized spacial score (nSPS) is 10.4. The van der Waals surface area contributed by atoms with Gasteiger partial charge in [0.2, 0.25) is 0 Å². The summed E-state index contributed by atoms with van der Waals surface area (Å²) in [6.45, 7) is 5.03. The molecular formula is C20H25ClN2O2. The van der Waals surface area contributed by atoms with Crippen LogP contribution in [0.5, 0.6) is 5.75 Å². The van der Waals surface area contributed by atoms with E-state index in [2.05, 4.69) is 12.2 Å². The Balaban J connectivity index is 1.98. The van der Waals surface area contributed by atoms with E-state index in [-0.39, 0.29) is 6.03 Å². The molecular weight excluding hydrogens is 336 g/mol. The number of nitrogens with zero attached hydrogens (tertiary/aromatic N) is 1. The fourth-order valence-electron chi connectivity index (χ4n) is 2.59. The van der Waals surface area contributed by atoms with Crippen LogP contribution in [0, 0.1) is 0 Å². The Hall–Kier alpha value is -2.20. The van der Waals surface area contributed by atoms with E-state index in [0.29, 0.717) is 18.2 Å². The van der Waals surface area contributed by atoms with Crippen LogP contribution in [-0.4, -0.2) is 31.1 Å². The van der Waals surface area contributed by atoms with Crippen LogP contribution in [0.3, 0.4) is 0 Å². The molecule has 2 aromatic carbocycles. The van der Waals surface area contributed by atoms with Gasteiger partial charge in [-0.3, -0.25) is 0 Å². The average Bonchev–Trinajstić information content (AvgIpc) is 2.63. The molecule has 0 fully saturated rings. The van der Waals surface area contributed by atoms with Crippen LogP contribution in [-0.2, 0) is 12.8 Å². The van der Waals surface area contributed by atoms with Crippen LogP contribution >= 0.6 is 11.6 Å². The highest BCUT2D eigenvalue weighted by atomic mass is 35.5. The summed E-state index contributed by atoms with van der Waals surface area (Å²) >= 11 is 6.29. The SMILES string of the molecule is CCc1ccc(Cl)c(CC)c1NC(=O)N(C)CCOc1ccccc1. The van der Waals surface area contributed by atoms with Gasteiger partial charge in [-0.15, -0.1) is 0 Å². The minimum Gasteiger partial charge on any atom is -0.492 e. The zero-order valence-corrected chi connectivity index (χ0v) is 15.8. The second kappa shape index (κ2) is 9.33. The topological polar surface area (TPSA) is 41.6 Å². The van der Waals surface area contributed by atoms with Crippen molar-refractivity contribution >= 4 is 23.3 Å². The molecule has 25 heavy (non-hydrogen) atoms. The monoisotopic (exact) mass is 360 g/mol. The number of ether oxygens (including phenoxy) is 1. The summed E-state index contributed by atoms with van der Waals surface area (Å²) in [5.41, 5.74) is 2.89. The number of anilines is 1. The number of benzene rings is 2. The molecule has 0 heterocycles. The van der Waals surface area contributed by atoms with Crippen LogP contribution in [0.15, 0.2) is 42.5 Å². The highest BCUT2D eigenvalue weighted by Gasteiger charge is 2.15. The van der Waals surface area contributed by atoms with Gasteiger partial charge in [-0.05, 0) is 42.2 Å². The molecule has 0 bridgehead atoms. The highest BCUT2D eigenvalue weighted by Crippen LogP contribution is 2.29. The van der Waals surface area contributed by atoms with Crippen molar-refractivity contribution in [1.82, 2.24) is 4.90 Å². The molecule has 0 aliphatic carbocycles. The first-order chi connectivity index (χ1) is 12.1. The summed E-state index contributed by atoms with van der Waals surface area (Å²) in [7, 11) is 1.76. The quantitative estimate of drug-likeness (QED) is 0.754. The molecule has 5 heteroatoms. The zero-order chi connectivity index (χ0) is 18.2. The van der Waals surface area contributed by atoms with Gasteiger partial charge in [0.05, 0.1) is 12.2 Å². The van der Waals surface area contributed by atoms with Gasteiger partial charge in [0.25, 0.3) is 0 Å². The van der Waals surface area contributed by atoms with Gasteiger partial charge in [-0.25, -0.2) is 4.79 Å². The number of halogens is 1. The number of likely N-dealkylation sites (N-methyl/N-ethyl adjacent to an activating group) is 1. The molecule has 2 rings (SSSR count). The highest BCUT2D eigenvalue weighted by molar-refractivity contribution is 6.31. The number of nitrogens with one attached hydrogen (secondary N) is 1.